The molecule has 0 amide bonds. The summed E-state index contributed by atoms with van der Waals surface area (Å²) < 4.78 is 0. The zero-order valence-electron chi connectivity index (χ0n) is 20.6. The molecule has 0 atom stereocenters. The molecule has 0 spiro atoms. The molecule has 0 aliphatic heterocycles. The van der Waals surface area contributed by atoms with Crippen molar-refractivity contribution in [2.45, 2.75) is 0 Å². The molecular formula is C35H23N3. The third-order valence-electron chi connectivity index (χ3n) is 6.94. The van der Waals surface area contributed by atoms with E-state index in [1.807, 2.05) is 36.4 Å². The van der Waals surface area contributed by atoms with Crippen LogP contribution < -0.4 is 0 Å². The lowest BCUT2D eigenvalue weighted by Gasteiger charge is -2.14. The highest BCUT2D eigenvalue weighted by Crippen LogP contribution is 2.38. The normalized spacial score (nSPS) is 11.2. The van der Waals surface area contributed by atoms with Crippen LogP contribution >= 0.6 is 0 Å². The van der Waals surface area contributed by atoms with E-state index in [0.717, 1.165) is 50.2 Å². The van der Waals surface area contributed by atoms with Crippen LogP contribution in [0.25, 0.3) is 66.7 Å². The van der Waals surface area contributed by atoms with Crippen LogP contribution in [0.4, 0.5) is 0 Å². The summed E-state index contributed by atoms with van der Waals surface area (Å²) in [5.74, 6) is 0. The Morgan fingerprint density at radius 3 is 1.92 bits per heavy atom. The fourth-order valence-corrected chi connectivity index (χ4v) is 5.13. The van der Waals surface area contributed by atoms with Gasteiger partial charge in [0, 0.05) is 33.5 Å². The SMILES string of the molecule is c1ccc(-c2cccc3c(-c4ccc(-c5cccc(-c6ccccn6)n5)cc4)nc4ccccc4c23)cc1. The maximum Gasteiger partial charge on any atom is 0.0893 e. The molecule has 0 radical (unpaired) electrons. The number of para-hydroxylation sites is 1. The largest absolute Gasteiger partial charge is 0.255 e. The first kappa shape index (κ1) is 22.1. The second-order valence-electron chi connectivity index (χ2n) is 9.27. The van der Waals surface area contributed by atoms with Crippen molar-refractivity contribution in [1.29, 1.82) is 0 Å². The lowest BCUT2D eigenvalue weighted by Crippen LogP contribution is -1.92. The molecular weight excluding hydrogens is 462 g/mol. The summed E-state index contributed by atoms with van der Waals surface area (Å²) in [5, 5.41) is 3.54. The number of rotatable bonds is 4. The molecule has 38 heavy (non-hydrogen) atoms. The molecule has 178 valence electrons. The lowest BCUT2D eigenvalue weighted by molar-refractivity contribution is 1.25. The van der Waals surface area contributed by atoms with Gasteiger partial charge in [0.1, 0.15) is 0 Å². The predicted octanol–water partition coefficient (Wildman–Crippen LogP) is 8.85. The molecule has 7 aromatic rings. The highest BCUT2D eigenvalue weighted by molar-refractivity contribution is 6.17. The van der Waals surface area contributed by atoms with E-state index in [1.165, 1.54) is 16.5 Å². The van der Waals surface area contributed by atoms with Crippen LogP contribution in [0.5, 0.6) is 0 Å². The Kier molecular flexibility index (Phi) is 5.45. The average Bonchev–Trinajstić information content (AvgIpc) is 3.01. The molecule has 3 nitrogen and oxygen atoms in total. The Hall–Kier alpha value is -5.15. The summed E-state index contributed by atoms with van der Waals surface area (Å²) in [4.78, 5) is 14.5. The smallest absolute Gasteiger partial charge is 0.0893 e. The maximum absolute atomic E-state index is 5.14. The van der Waals surface area contributed by atoms with E-state index in [-0.39, 0.29) is 0 Å². The minimum absolute atomic E-state index is 0.864. The molecule has 3 heteroatoms. The first-order valence-corrected chi connectivity index (χ1v) is 12.7. The van der Waals surface area contributed by atoms with Gasteiger partial charge in [-0.25, -0.2) is 9.97 Å². The van der Waals surface area contributed by atoms with Gasteiger partial charge in [-0.05, 0) is 41.5 Å². The van der Waals surface area contributed by atoms with Gasteiger partial charge in [0.05, 0.1) is 28.3 Å². The molecule has 3 heterocycles. The topological polar surface area (TPSA) is 38.7 Å². The van der Waals surface area contributed by atoms with E-state index in [9.17, 15) is 0 Å². The third kappa shape index (κ3) is 3.91. The molecule has 4 aromatic carbocycles. The van der Waals surface area contributed by atoms with Gasteiger partial charge in [-0.1, -0.05) is 103 Å². The summed E-state index contributed by atoms with van der Waals surface area (Å²) in [6.07, 6.45) is 1.79. The Morgan fingerprint density at radius 2 is 1.08 bits per heavy atom. The van der Waals surface area contributed by atoms with Gasteiger partial charge in [0.25, 0.3) is 0 Å². The Morgan fingerprint density at radius 1 is 0.395 bits per heavy atom. The highest BCUT2D eigenvalue weighted by Gasteiger charge is 2.14. The monoisotopic (exact) mass is 485 g/mol. The van der Waals surface area contributed by atoms with Gasteiger partial charge in [-0.3, -0.25) is 4.98 Å². The van der Waals surface area contributed by atoms with Crippen LogP contribution in [0.2, 0.25) is 0 Å². The van der Waals surface area contributed by atoms with Crippen molar-refractivity contribution in [2.75, 3.05) is 0 Å². The molecule has 0 aliphatic rings. The summed E-state index contributed by atoms with van der Waals surface area (Å²) >= 11 is 0. The van der Waals surface area contributed by atoms with Crippen molar-refractivity contribution in [2.24, 2.45) is 0 Å². The molecule has 3 aromatic heterocycles. The van der Waals surface area contributed by atoms with Crippen molar-refractivity contribution in [1.82, 2.24) is 15.0 Å². The van der Waals surface area contributed by atoms with Crippen molar-refractivity contribution < 1.29 is 0 Å². The van der Waals surface area contributed by atoms with Crippen molar-refractivity contribution in [3.05, 3.63) is 140 Å². The Bertz CT molecular complexity index is 1890. The molecule has 0 saturated heterocycles. The molecule has 0 fully saturated rings. The zero-order valence-corrected chi connectivity index (χ0v) is 20.6. The number of fused-ring (bicyclic) bond motifs is 3. The fourth-order valence-electron chi connectivity index (χ4n) is 5.13. The third-order valence-corrected chi connectivity index (χ3v) is 6.94. The minimum Gasteiger partial charge on any atom is -0.255 e. The summed E-state index contributed by atoms with van der Waals surface area (Å²) in [6, 6.07) is 46.0. The molecule has 0 N–H and O–H groups in total. The Balaban J connectivity index is 1.36. The zero-order chi connectivity index (χ0) is 25.3. The van der Waals surface area contributed by atoms with Gasteiger partial charge in [-0.2, -0.15) is 0 Å². The number of aromatic nitrogens is 3. The quantitative estimate of drug-likeness (QED) is 0.234. The first-order chi connectivity index (χ1) is 18.8. The molecule has 0 aliphatic carbocycles. The summed E-state index contributed by atoms with van der Waals surface area (Å²) in [7, 11) is 0. The van der Waals surface area contributed by atoms with Gasteiger partial charge in [0.15, 0.2) is 0 Å². The van der Waals surface area contributed by atoms with Crippen molar-refractivity contribution >= 4 is 21.7 Å². The van der Waals surface area contributed by atoms with E-state index >= 15 is 0 Å². The van der Waals surface area contributed by atoms with Gasteiger partial charge >= 0.3 is 0 Å². The van der Waals surface area contributed by atoms with Gasteiger partial charge in [0.2, 0.25) is 0 Å². The highest BCUT2D eigenvalue weighted by atomic mass is 14.8. The number of pyridine rings is 3. The molecule has 7 rings (SSSR count). The summed E-state index contributed by atoms with van der Waals surface area (Å²) in [6.45, 7) is 0. The van der Waals surface area contributed by atoms with E-state index in [2.05, 4.69) is 102 Å². The van der Waals surface area contributed by atoms with Crippen LogP contribution in [0.3, 0.4) is 0 Å². The number of hydrogen-bond acceptors (Lipinski definition) is 3. The second-order valence-corrected chi connectivity index (χ2v) is 9.27. The lowest BCUT2D eigenvalue weighted by atomic mass is 9.93. The van der Waals surface area contributed by atoms with Crippen molar-refractivity contribution in [3.63, 3.8) is 0 Å². The van der Waals surface area contributed by atoms with E-state index in [4.69, 9.17) is 9.97 Å². The Labute approximate surface area is 221 Å². The number of benzene rings is 4. The van der Waals surface area contributed by atoms with Crippen LogP contribution in [0.1, 0.15) is 0 Å². The predicted molar refractivity (Wildman–Crippen MR) is 157 cm³/mol. The average molecular weight is 486 g/mol. The van der Waals surface area contributed by atoms with E-state index < -0.39 is 0 Å². The van der Waals surface area contributed by atoms with Gasteiger partial charge in [-0.15, -0.1) is 0 Å². The van der Waals surface area contributed by atoms with Crippen LogP contribution in [0.15, 0.2) is 140 Å². The first-order valence-electron chi connectivity index (χ1n) is 12.7. The second kappa shape index (κ2) is 9.38. The van der Waals surface area contributed by atoms with Crippen LogP contribution in [-0.4, -0.2) is 15.0 Å². The number of hydrogen-bond donors (Lipinski definition) is 0. The maximum atomic E-state index is 5.14. The van der Waals surface area contributed by atoms with Gasteiger partial charge < -0.3 is 0 Å². The number of nitrogens with zero attached hydrogens (tertiary/aromatic N) is 3. The van der Waals surface area contributed by atoms with E-state index in [1.54, 1.807) is 6.20 Å². The standard InChI is InChI=1S/C35H23N3/c1-2-10-24(11-3-1)27-13-8-14-29-34(27)28-12-4-5-15-31(28)38-35(29)26-21-19-25(20-22-26)30-17-9-18-33(37-30)32-16-6-7-23-36-32/h1-23H. The fraction of sp³-hybridized carbons (Fsp3) is 0. The van der Waals surface area contributed by atoms with Crippen molar-refractivity contribution in [3.8, 4) is 45.0 Å². The molecule has 0 saturated carbocycles. The summed E-state index contributed by atoms with van der Waals surface area (Å²) in [5.41, 5.74) is 9.18. The molecule has 0 bridgehead atoms. The van der Waals surface area contributed by atoms with Crippen LogP contribution in [0, 0.1) is 0 Å². The van der Waals surface area contributed by atoms with E-state index in [0.29, 0.717) is 0 Å². The molecule has 0 unspecified atom stereocenters. The minimum atomic E-state index is 0.864. The van der Waals surface area contributed by atoms with Crippen LogP contribution in [-0.2, 0) is 0 Å².